The number of anilines is 3. The highest BCUT2D eigenvalue weighted by molar-refractivity contribution is 6.34. The number of likely N-dealkylation sites (tertiary alicyclic amines) is 1. The largest absolute Gasteiger partial charge is 0.370 e. The summed E-state index contributed by atoms with van der Waals surface area (Å²) in [6, 6.07) is 4.07. The van der Waals surface area contributed by atoms with Gasteiger partial charge in [-0.3, -0.25) is 0 Å². The van der Waals surface area contributed by atoms with Crippen LogP contribution in [0.5, 0.6) is 0 Å². The first-order valence-electron chi connectivity index (χ1n) is 11.3. The third-order valence-corrected chi connectivity index (χ3v) is 8.16. The lowest BCUT2D eigenvalue weighted by Gasteiger charge is -2.25. The SMILES string of the molecule is CN1CCC2(CCN(c3cc4nc(Nc5cnn(C6(C)CC6)c5Cl)ncc4cc3Cl)C2)C1. The van der Waals surface area contributed by atoms with E-state index in [9.17, 15) is 0 Å². The van der Waals surface area contributed by atoms with Crippen LogP contribution in [0.3, 0.4) is 0 Å². The van der Waals surface area contributed by atoms with Crippen molar-refractivity contribution in [1.82, 2.24) is 24.6 Å². The fourth-order valence-corrected chi connectivity index (χ4v) is 5.92. The molecule has 7 nitrogen and oxygen atoms in total. The summed E-state index contributed by atoms with van der Waals surface area (Å²) < 4.78 is 1.89. The van der Waals surface area contributed by atoms with Gasteiger partial charge >= 0.3 is 0 Å². The lowest BCUT2D eigenvalue weighted by molar-refractivity contribution is 0.312. The molecule has 3 fully saturated rings. The molecule has 3 aromatic rings. The Kier molecular flexibility index (Phi) is 4.62. The highest BCUT2D eigenvalue weighted by Crippen LogP contribution is 2.46. The summed E-state index contributed by atoms with van der Waals surface area (Å²) in [5.41, 5.74) is 3.07. The molecule has 1 aliphatic carbocycles. The molecular weight excluding hydrogens is 445 g/mol. The van der Waals surface area contributed by atoms with Gasteiger partial charge in [-0.15, -0.1) is 0 Å². The minimum absolute atomic E-state index is 0.0358. The molecule has 4 heterocycles. The normalized spacial score (nSPS) is 24.7. The predicted octanol–water partition coefficient (Wildman–Crippen LogP) is 4.92. The predicted molar refractivity (Wildman–Crippen MR) is 129 cm³/mol. The van der Waals surface area contributed by atoms with Gasteiger partial charge in [0.05, 0.1) is 33.6 Å². The Hall–Kier alpha value is -2.09. The van der Waals surface area contributed by atoms with E-state index in [0.29, 0.717) is 16.5 Å². The average molecular weight is 472 g/mol. The fourth-order valence-electron chi connectivity index (χ4n) is 5.28. The number of aromatic nitrogens is 4. The van der Waals surface area contributed by atoms with Gasteiger partial charge in [0, 0.05) is 36.6 Å². The molecule has 6 rings (SSSR count). The number of hydrogen-bond donors (Lipinski definition) is 1. The number of hydrogen-bond acceptors (Lipinski definition) is 6. The molecule has 2 saturated heterocycles. The molecule has 1 unspecified atom stereocenters. The number of nitrogens with zero attached hydrogens (tertiary/aromatic N) is 6. The second kappa shape index (κ2) is 7.20. The lowest BCUT2D eigenvalue weighted by atomic mass is 9.86. The van der Waals surface area contributed by atoms with Gasteiger partial charge in [-0.1, -0.05) is 23.2 Å². The van der Waals surface area contributed by atoms with Gasteiger partial charge in [0.2, 0.25) is 5.95 Å². The first-order chi connectivity index (χ1) is 15.3. The molecular formula is C23H27Cl2N7. The zero-order valence-electron chi connectivity index (χ0n) is 18.4. The third-order valence-electron chi connectivity index (χ3n) is 7.50. The zero-order valence-corrected chi connectivity index (χ0v) is 19.9. The Morgan fingerprint density at radius 3 is 2.59 bits per heavy atom. The summed E-state index contributed by atoms with van der Waals surface area (Å²) in [7, 11) is 2.22. The van der Waals surface area contributed by atoms with Gasteiger partial charge in [0.15, 0.2) is 5.15 Å². The Bertz CT molecular complexity index is 1200. The molecule has 32 heavy (non-hydrogen) atoms. The van der Waals surface area contributed by atoms with Crippen LogP contribution in [0.15, 0.2) is 24.5 Å². The summed E-state index contributed by atoms with van der Waals surface area (Å²) in [5, 5.41) is 9.98. The zero-order chi connectivity index (χ0) is 22.1. The summed E-state index contributed by atoms with van der Waals surface area (Å²) in [5.74, 6) is 0.503. The topological polar surface area (TPSA) is 62.1 Å². The molecule has 1 N–H and O–H groups in total. The van der Waals surface area contributed by atoms with Crippen LogP contribution in [-0.4, -0.2) is 57.9 Å². The van der Waals surface area contributed by atoms with E-state index in [-0.39, 0.29) is 5.54 Å². The minimum atomic E-state index is 0.0358. The highest BCUT2D eigenvalue weighted by atomic mass is 35.5. The number of fused-ring (bicyclic) bond motifs is 1. The fraction of sp³-hybridized carbons (Fsp3) is 0.522. The van der Waals surface area contributed by atoms with Gasteiger partial charge in [-0.2, -0.15) is 5.10 Å². The van der Waals surface area contributed by atoms with Crippen LogP contribution in [0.4, 0.5) is 17.3 Å². The van der Waals surface area contributed by atoms with E-state index >= 15 is 0 Å². The molecule has 1 aromatic carbocycles. The smallest absolute Gasteiger partial charge is 0.227 e. The van der Waals surface area contributed by atoms with Crippen molar-refractivity contribution < 1.29 is 0 Å². The van der Waals surface area contributed by atoms with E-state index in [1.807, 2.05) is 10.7 Å². The van der Waals surface area contributed by atoms with E-state index in [4.69, 9.17) is 28.2 Å². The van der Waals surface area contributed by atoms with E-state index in [1.165, 1.54) is 25.9 Å². The Morgan fingerprint density at radius 2 is 1.84 bits per heavy atom. The summed E-state index contributed by atoms with van der Waals surface area (Å²) in [4.78, 5) is 14.1. The van der Waals surface area contributed by atoms with Crippen molar-refractivity contribution in [2.45, 2.75) is 38.1 Å². The van der Waals surface area contributed by atoms with Crippen LogP contribution in [0.2, 0.25) is 10.2 Å². The van der Waals surface area contributed by atoms with Crippen molar-refractivity contribution in [2.24, 2.45) is 5.41 Å². The van der Waals surface area contributed by atoms with Gasteiger partial charge in [0.25, 0.3) is 0 Å². The van der Waals surface area contributed by atoms with Crippen molar-refractivity contribution in [2.75, 3.05) is 43.4 Å². The monoisotopic (exact) mass is 471 g/mol. The molecule has 0 amide bonds. The maximum absolute atomic E-state index is 6.70. The van der Waals surface area contributed by atoms with E-state index in [1.54, 1.807) is 12.4 Å². The second-order valence-electron chi connectivity index (χ2n) is 10.1. The van der Waals surface area contributed by atoms with Gasteiger partial charge in [0.1, 0.15) is 0 Å². The highest BCUT2D eigenvalue weighted by Gasteiger charge is 2.43. The summed E-state index contributed by atoms with van der Waals surface area (Å²) in [6.07, 6.45) is 8.21. The van der Waals surface area contributed by atoms with E-state index in [0.717, 1.165) is 53.2 Å². The van der Waals surface area contributed by atoms with Crippen molar-refractivity contribution in [1.29, 1.82) is 0 Å². The van der Waals surface area contributed by atoms with Gasteiger partial charge in [-0.05, 0) is 58.3 Å². The molecule has 2 aromatic heterocycles. The first-order valence-corrected chi connectivity index (χ1v) is 12.0. The van der Waals surface area contributed by atoms with Crippen LogP contribution in [0, 0.1) is 5.41 Å². The molecule has 1 spiro atoms. The Labute approximate surface area is 197 Å². The standard InChI is InChI=1S/C23H27Cl2N7/c1-22(3-4-22)32-20(25)18(12-27-32)29-21-26-11-15-9-16(24)19(10-17(15)28-21)31-8-6-23(14-31)5-7-30(2)13-23/h9-12H,3-8,13-14H2,1-2H3,(H,26,28,29). The van der Waals surface area contributed by atoms with Crippen LogP contribution in [0.1, 0.15) is 32.6 Å². The molecule has 0 bridgehead atoms. The van der Waals surface area contributed by atoms with E-state index in [2.05, 4.69) is 45.2 Å². The summed E-state index contributed by atoms with van der Waals surface area (Å²) in [6.45, 7) is 6.59. The van der Waals surface area contributed by atoms with Crippen LogP contribution >= 0.6 is 23.2 Å². The molecule has 0 radical (unpaired) electrons. The third kappa shape index (κ3) is 3.42. The molecule has 1 saturated carbocycles. The molecule has 168 valence electrons. The molecule has 2 aliphatic heterocycles. The van der Waals surface area contributed by atoms with Gasteiger partial charge in [-0.25, -0.2) is 14.6 Å². The van der Waals surface area contributed by atoms with Crippen molar-refractivity contribution >= 4 is 51.4 Å². The van der Waals surface area contributed by atoms with Crippen molar-refractivity contribution in [3.8, 4) is 0 Å². The summed E-state index contributed by atoms with van der Waals surface area (Å²) >= 11 is 13.3. The van der Waals surface area contributed by atoms with Crippen molar-refractivity contribution in [3.63, 3.8) is 0 Å². The number of benzene rings is 1. The molecule has 3 aliphatic rings. The number of halogens is 2. The Balaban J connectivity index is 1.28. The van der Waals surface area contributed by atoms with Crippen molar-refractivity contribution in [3.05, 3.63) is 34.7 Å². The maximum atomic E-state index is 6.70. The van der Waals surface area contributed by atoms with Crippen LogP contribution in [-0.2, 0) is 5.54 Å². The van der Waals surface area contributed by atoms with Crippen LogP contribution < -0.4 is 10.2 Å². The second-order valence-corrected chi connectivity index (χ2v) is 10.9. The number of nitrogens with one attached hydrogen (secondary N) is 1. The van der Waals surface area contributed by atoms with E-state index < -0.39 is 0 Å². The van der Waals surface area contributed by atoms with Gasteiger partial charge < -0.3 is 15.1 Å². The Morgan fingerprint density at radius 1 is 1.03 bits per heavy atom. The first kappa shape index (κ1) is 20.5. The lowest BCUT2D eigenvalue weighted by Crippen LogP contribution is -2.29. The number of rotatable bonds is 4. The quantitative estimate of drug-likeness (QED) is 0.582. The minimum Gasteiger partial charge on any atom is -0.370 e. The average Bonchev–Trinajstić information content (AvgIpc) is 3.08. The van der Waals surface area contributed by atoms with Crippen LogP contribution in [0.25, 0.3) is 10.9 Å². The molecule has 9 heteroatoms. The molecule has 1 atom stereocenters. The maximum Gasteiger partial charge on any atom is 0.227 e.